The predicted octanol–water partition coefficient (Wildman–Crippen LogP) is 2.12. The Morgan fingerprint density at radius 3 is 2.19 bits per heavy atom. The molecule has 0 unspecified atom stereocenters. The fourth-order valence-electron chi connectivity index (χ4n) is 2.05. The summed E-state index contributed by atoms with van der Waals surface area (Å²) in [5.41, 5.74) is 0.985. The normalized spacial score (nSPS) is 11.0. The van der Waals surface area contributed by atoms with Gasteiger partial charge in [0, 0.05) is 28.7 Å². The van der Waals surface area contributed by atoms with Gasteiger partial charge in [0.2, 0.25) is 15.9 Å². The van der Waals surface area contributed by atoms with E-state index >= 15 is 0 Å². The lowest BCUT2D eigenvalue weighted by Crippen LogP contribution is -2.27. The van der Waals surface area contributed by atoms with Crippen molar-refractivity contribution in [2.75, 3.05) is 18.9 Å². The highest BCUT2D eigenvalue weighted by Crippen LogP contribution is 2.14. The van der Waals surface area contributed by atoms with E-state index in [1.54, 1.807) is 12.1 Å². The molecule has 9 heteroatoms. The molecule has 2 rings (SSSR count). The number of sulfonamides is 1. The van der Waals surface area contributed by atoms with Crippen LogP contribution in [-0.4, -0.2) is 33.8 Å². The average Bonchev–Trinajstić information content (AvgIpc) is 2.63. The van der Waals surface area contributed by atoms with E-state index in [0.717, 1.165) is 4.47 Å². The first-order valence-corrected chi connectivity index (χ1v) is 9.96. The molecule has 0 bridgehead atoms. The summed E-state index contributed by atoms with van der Waals surface area (Å²) in [5.74, 6) is -0.599. The van der Waals surface area contributed by atoms with Crippen LogP contribution in [0, 0.1) is 0 Å². The van der Waals surface area contributed by atoms with Crippen molar-refractivity contribution in [2.45, 2.75) is 11.3 Å². The van der Waals surface area contributed by atoms with Crippen LogP contribution >= 0.6 is 15.9 Å². The lowest BCUT2D eigenvalue weighted by Gasteiger charge is -2.08. The minimum atomic E-state index is -3.54. The molecule has 0 saturated heterocycles. The number of nitrogens with one attached hydrogen (secondary N) is 3. The highest BCUT2D eigenvalue weighted by molar-refractivity contribution is 9.10. The first kappa shape index (κ1) is 20.1. The molecule has 0 aromatic heterocycles. The van der Waals surface area contributed by atoms with Gasteiger partial charge in [0.15, 0.2) is 0 Å². The van der Waals surface area contributed by atoms with Gasteiger partial charge in [-0.3, -0.25) is 9.59 Å². The van der Waals surface area contributed by atoms with Crippen LogP contribution in [0.3, 0.4) is 0 Å². The van der Waals surface area contributed by atoms with Gasteiger partial charge >= 0.3 is 0 Å². The van der Waals surface area contributed by atoms with E-state index in [-0.39, 0.29) is 29.7 Å². The molecule has 0 spiro atoms. The maximum Gasteiger partial charge on any atom is 0.251 e. The Kier molecular flexibility index (Phi) is 6.90. The van der Waals surface area contributed by atoms with Crippen molar-refractivity contribution in [3.63, 3.8) is 0 Å². The highest BCUT2D eigenvalue weighted by Gasteiger charge is 2.12. The molecule has 0 heterocycles. The Balaban J connectivity index is 1.83. The second kappa shape index (κ2) is 8.93. The molecule has 0 saturated carbocycles. The van der Waals surface area contributed by atoms with Crippen LogP contribution in [0.5, 0.6) is 0 Å². The highest BCUT2D eigenvalue weighted by atomic mass is 79.9. The fourth-order valence-corrected chi connectivity index (χ4v) is 3.05. The minimum Gasteiger partial charge on any atom is -0.352 e. The molecular formula is C17H18BrN3O4S. The van der Waals surface area contributed by atoms with Crippen molar-refractivity contribution < 1.29 is 18.0 Å². The predicted molar refractivity (Wildman–Crippen MR) is 102 cm³/mol. The van der Waals surface area contributed by atoms with Crippen LogP contribution in [0.1, 0.15) is 16.8 Å². The SMILES string of the molecule is CNS(=O)(=O)c1ccc(C(=O)NCCC(=O)Nc2ccc(Br)cc2)cc1. The number of amides is 2. The molecule has 0 atom stereocenters. The first-order valence-electron chi connectivity index (χ1n) is 7.69. The van der Waals surface area contributed by atoms with Crippen molar-refractivity contribution in [1.82, 2.24) is 10.0 Å². The maximum absolute atomic E-state index is 12.0. The maximum atomic E-state index is 12.0. The Labute approximate surface area is 160 Å². The summed E-state index contributed by atoms with van der Waals surface area (Å²) in [7, 11) is -2.22. The van der Waals surface area contributed by atoms with Crippen LogP contribution in [0.15, 0.2) is 57.9 Å². The molecule has 7 nitrogen and oxygen atoms in total. The Bertz CT molecular complexity index is 881. The average molecular weight is 440 g/mol. The molecule has 0 radical (unpaired) electrons. The topological polar surface area (TPSA) is 104 Å². The zero-order chi connectivity index (χ0) is 19.2. The van der Waals surface area contributed by atoms with Crippen LogP contribution in [0.4, 0.5) is 5.69 Å². The lowest BCUT2D eigenvalue weighted by molar-refractivity contribution is -0.116. The summed E-state index contributed by atoms with van der Waals surface area (Å²) in [6.45, 7) is 0.164. The first-order chi connectivity index (χ1) is 12.3. The Morgan fingerprint density at radius 2 is 1.62 bits per heavy atom. The van der Waals surface area contributed by atoms with E-state index in [4.69, 9.17) is 0 Å². The number of rotatable bonds is 7. The number of benzene rings is 2. The third-order valence-corrected chi connectivity index (χ3v) is 5.42. The second-order valence-electron chi connectivity index (χ2n) is 5.29. The number of hydrogen-bond acceptors (Lipinski definition) is 4. The molecule has 0 aliphatic rings. The van der Waals surface area contributed by atoms with Crippen molar-refractivity contribution in [1.29, 1.82) is 0 Å². The summed E-state index contributed by atoms with van der Waals surface area (Å²) in [6.07, 6.45) is 0.119. The summed E-state index contributed by atoms with van der Waals surface area (Å²) in [6, 6.07) is 12.7. The van der Waals surface area contributed by atoms with E-state index in [2.05, 4.69) is 31.3 Å². The van der Waals surface area contributed by atoms with Gasteiger partial charge in [0.25, 0.3) is 5.91 Å². The van der Waals surface area contributed by atoms with Gasteiger partial charge in [-0.05, 0) is 55.6 Å². The number of carbonyl (C=O) groups excluding carboxylic acids is 2. The van der Waals surface area contributed by atoms with Crippen molar-refractivity contribution in [3.8, 4) is 0 Å². The smallest absolute Gasteiger partial charge is 0.251 e. The van der Waals surface area contributed by atoms with E-state index in [1.165, 1.54) is 31.3 Å². The standard InChI is InChI=1S/C17H18BrN3O4S/c1-19-26(24,25)15-8-2-12(3-9-15)17(23)20-11-10-16(22)21-14-6-4-13(18)5-7-14/h2-9,19H,10-11H2,1H3,(H,20,23)(H,21,22). The summed E-state index contributed by atoms with van der Waals surface area (Å²) in [5, 5.41) is 5.35. The van der Waals surface area contributed by atoms with Gasteiger partial charge in [0.05, 0.1) is 4.90 Å². The lowest BCUT2D eigenvalue weighted by atomic mass is 10.2. The zero-order valence-corrected chi connectivity index (χ0v) is 16.4. The minimum absolute atomic E-state index is 0.0745. The Hall–Kier alpha value is -2.23. The molecule has 0 aliphatic carbocycles. The summed E-state index contributed by atoms with van der Waals surface area (Å²) >= 11 is 3.31. The van der Waals surface area contributed by atoms with E-state index in [1.807, 2.05) is 12.1 Å². The van der Waals surface area contributed by atoms with E-state index in [9.17, 15) is 18.0 Å². The molecule has 26 heavy (non-hydrogen) atoms. The molecule has 0 fully saturated rings. The number of carbonyl (C=O) groups is 2. The van der Waals surface area contributed by atoms with E-state index in [0.29, 0.717) is 11.3 Å². The fraction of sp³-hybridized carbons (Fsp3) is 0.176. The second-order valence-corrected chi connectivity index (χ2v) is 8.10. The molecule has 2 aromatic carbocycles. The van der Waals surface area contributed by atoms with Crippen LogP contribution in [0.25, 0.3) is 0 Å². The zero-order valence-electron chi connectivity index (χ0n) is 14.0. The van der Waals surface area contributed by atoms with Crippen LogP contribution < -0.4 is 15.4 Å². The number of anilines is 1. The summed E-state index contributed by atoms with van der Waals surface area (Å²) in [4.78, 5) is 24.0. The van der Waals surface area contributed by atoms with Gasteiger partial charge < -0.3 is 10.6 Å². The van der Waals surface area contributed by atoms with Crippen molar-refractivity contribution >= 4 is 43.5 Å². The third-order valence-electron chi connectivity index (χ3n) is 3.46. The molecule has 2 amide bonds. The quantitative estimate of drug-likeness (QED) is 0.614. The van der Waals surface area contributed by atoms with E-state index < -0.39 is 10.0 Å². The van der Waals surface area contributed by atoms with Gasteiger partial charge in [-0.2, -0.15) is 0 Å². The van der Waals surface area contributed by atoms with Crippen molar-refractivity contribution in [2.24, 2.45) is 0 Å². The van der Waals surface area contributed by atoms with Crippen LogP contribution in [-0.2, 0) is 14.8 Å². The molecule has 2 aromatic rings. The Morgan fingerprint density at radius 1 is 1.00 bits per heavy atom. The molecular weight excluding hydrogens is 422 g/mol. The molecule has 0 aliphatic heterocycles. The van der Waals surface area contributed by atoms with Gasteiger partial charge in [-0.15, -0.1) is 0 Å². The molecule has 138 valence electrons. The van der Waals surface area contributed by atoms with Gasteiger partial charge in [-0.1, -0.05) is 15.9 Å². The number of halogens is 1. The third kappa shape index (κ3) is 5.65. The van der Waals surface area contributed by atoms with Gasteiger partial charge in [0.1, 0.15) is 0 Å². The largest absolute Gasteiger partial charge is 0.352 e. The number of hydrogen-bond donors (Lipinski definition) is 3. The van der Waals surface area contributed by atoms with Gasteiger partial charge in [-0.25, -0.2) is 13.1 Å². The molecule has 3 N–H and O–H groups in total. The monoisotopic (exact) mass is 439 g/mol. The summed E-state index contributed by atoms with van der Waals surface area (Å²) < 4.78 is 26.4. The van der Waals surface area contributed by atoms with Crippen LogP contribution in [0.2, 0.25) is 0 Å². The van der Waals surface area contributed by atoms with Crippen molar-refractivity contribution in [3.05, 3.63) is 58.6 Å².